The number of rotatable bonds is 10. The first-order valence-electron chi connectivity index (χ1n) is 6.92. The lowest BCUT2D eigenvalue weighted by molar-refractivity contribution is -0.142. The molecule has 1 aliphatic rings. The summed E-state index contributed by atoms with van der Waals surface area (Å²) in [6, 6.07) is 0. The Hall–Kier alpha value is -1.92. The van der Waals surface area contributed by atoms with Crippen molar-refractivity contribution >= 4 is 24.1 Å². The average molecular weight is 283 g/mol. The smallest absolute Gasteiger partial charge is 0.240 e. The van der Waals surface area contributed by atoms with E-state index in [2.05, 4.69) is 10.6 Å². The molecule has 0 unspecified atom stereocenters. The molecule has 4 amide bonds. The largest absolute Gasteiger partial charge is 0.359 e. The van der Waals surface area contributed by atoms with Gasteiger partial charge in [0.1, 0.15) is 6.54 Å². The standard InChI is InChI=1S/C13H21N3O4/c17-10-14-7-3-1-2-4-8-15-11(18)9-16-12(19)5-6-13(16)20/h10H,1-9H2,(H,14,17)(H,15,18). The maximum atomic E-state index is 11.6. The molecule has 20 heavy (non-hydrogen) atoms. The molecule has 2 N–H and O–H groups in total. The van der Waals surface area contributed by atoms with Gasteiger partial charge in [0.15, 0.2) is 0 Å². The van der Waals surface area contributed by atoms with E-state index in [0.717, 1.165) is 30.6 Å². The highest BCUT2D eigenvalue weighted by atomic mass is 16.2. The normalized spacial score (nSPS) is 14.5. The second-order valence-electron chi connectivity index (χ2n) is 4.71. The number of carbonyl (C=O) groups is 4. The zero-order valence-corrected chi connectivity index (χ0v) is 11.5. The number of nitrogens with one attached hydrogen (secondary N) is 2. The highest BCUT2D eigenvalue weighted by Gasteiger charge is 2.30. The van der Waals surface area contributed by atoms with Crippen molar-refractivity contribution in [2.45, 2.75) is 38.5 Å². The molecule has 0 bridgehead atoms. The van der Waals surface area contributed by atoms with Crippen LogP contribution in [-0.2, 0) is 19.2 Å². The van der Waals surface area contributed by atoms with Crippen LogP contribution in [-0.4, -0.2) is 48.7 Å². The van der Waals surface area contributed by atoms with E-state index in [4.69, 9.17) is 0 Å². The molecule has 0 spiro atoms. The quantitative estimate of drug-likeness (QED) is 0.323. The molecule has 0 saturated carbocycles. The zero-order valence-electron chi connectivity index (χ0n) is 11.5. The van der Waals surface area contributed by atoms with Gasteiger partial charge in [-0.1, -0.05) is 12.8 Å². The van der Waals surface area contributed by atoms with Gasteiger partial charge >= 0.3 is 0 Å². The second-order valence-corrected chi connectivity index (χ2v) is 4.71. The van der Waals surface area contributed by atoms with Crippen LogP contribution in [0.1, 0.15) is 38.5 Å². The molecular weight excluding hydrogens is 262 g/mol. The van der Waals surface area contributed by atoms with Crippen LogP contribution in [0.3, 0.4) is 0 Å². The van der Waals surface area contributed by atoms with E-state index in [0.29, 0.717) is 19.5 Å². The fourth-order valence-electron chi connectivity index (χ4n) is 1.99. The Morgan fingerprint density at radius 2 is 1.65 bits per heavy atom. The minimum Gasteiger partial charge on any atom is -0.359 e. The highest BCUT2D eigenvalue weighted by Crippen LogP contribution is 2.10. The van der Waals surface area contributed by atoms with Gasteiger partial charge in [-0.15, -0.1) is 0 Å². The molecule has 7 heteroatoms. The molecule has 0 aromatic carbocycles. The summed E-state index contributed by atoms with van der Waals surface area (Å²) < 4.78 is 0. The second kappa shape index (κ2) is 9.06. The molecular formula is C13H21N3O4. The Kier molecular flexibility index (Phi) is 7.31. The summed E-state index contributed by atoms with van der Waals surface area (Å²) in [6.45, 7) is 1.05. The van der Waals surface area contributed by atoms with Crippen molar-refractivity contribution in [2.24, 2.45) is 0 Å². The fraction of sp³-hybridized carbons (Fsp3) is 0.692. The average Bonchev–Trinajstić information content (AvgIpc) is 2.73. The van der Waals surface area contributed by atoms with E-state index in [9.17, 15) is 19.2 Å². The lowest BCUT2D eigenvalue weighted by Gasteiger charge is -2.13. The minimum atomic E-state index is -0.295. The molecule has 1 rings (SSSR count). The van der Waals surface area contributed by atoms with E-state index in [1.165, 1.54) is 0 Å². The zero-order chi connectivity index (χ0) is 14.8. The molecule has 0 radical (unpaired) electrons. The van der Waals surface area contributed by atoms with Gasteiger partial charge in [0.25, 0.3) is 0 Å². The SMILES string of the molecule is O=CNCCCCCCNC(=O)CN1C(=O)CCC1=O. The van der Waals surface area contributed by atoms with Crippen LogP contribution in [0, 0.1) is 0 Å². The number of nitrogens with zero attached hydrogens (tertiary/aromatic N) is 1. The number of imide groups is 1. The van der Waals surface area contributed by atoms with Gasteiger partial charge in [-0.2, -0.15) is 0 Å². The third kappa shape index (κ3) is 5.81. The van der Waals surface area contributed by atoms with Crippen LogP contribution in [0.4, 0.5) is 0 Å². The summed E-state index contributed by atoms with van der Waals surface area (Å²) in [5, 5.41) is 5.28. The summed E-state index contributed by atoms with van der Waals surface area (Å²) >= 11 is 0. The van der Waals surface area contributed by atoms with Crippen LogP contribution >= 0.6 is 0 Å². The first-order valence-corrected chi connectivity index (χ1v) is 6.92. The van der Waals surface area contributed by atoms with E-state index in [-0.39, 0.29) is 37.1 Å². The number of likely N-dealkylation sites (tertiary alicyclic amines) is 1. The summed E-state index contributed by atoms with van der Waals surface area (Å²) in [5.41, 5.74) is 0. The lowest BCUT2D eigenvalue weighted by atomic mass is 10.2. The predicted molar refractivity (Wildman–Crippen MR) is 71.5 cm³/mol. The predicted octanol–water partition coefficient (Wildman–Crippen LogP) is -0.442. The molecule has 112 valence electrons. The maximum Gasteiger partial charge on any atom is 0.240 e. The Morgan fingerprint density at radius 1 is 1.05 bits per heavy atom. The molecule has 1 heterocycles. The molecule has 0 aliphatic carbocycles. The Labute approximate surface area is 118 Å². The van der Waals surface area contributed by atoms with Crippen LogP contribution < -0.4 is 10.6 Å². The van der Waals surface area contributed by atoms with Gasteiger partial charge < -0.3 is 10.6 Å². The third-order valence-electron chi connectivity index (χ3n) is 3.11. The van der Waals surface area contributed by atoms with Crippen LogP contribution in [0.25, 0.3) is 0 Å². The maximum absolute atomic E-state index is 11.6. The lowest BCUT2D eigenvalue weighted by Crippen LogP contribution is -2.40. The number of amides is 4. The first-order chi connectivity index (χ1) is 9.65. The van der Waals surface area contributed by atoms with Gasteiger partial charge in [0, 0.05) is 25.9 Å². The molecule has 0 aromatic rings. The van der Waals surface area contributed by atoms with Crippen molar-refractivity contribution in [3.63, 3.8) is 0 Å². The first kappa shape index (κ1) is 16.1. The minimum absolute atomic E-state index is 0.166. The Bertz CT molecular complexity index is 355. The highest BCUT2D eigenvalue weighted by molar-refractivity contribution is 6.04. The molecule has 7 nitrogen and oxygen atoms in total. The van der Waals surface area contributed by atoms with Crippen molar-refractivity contribution in [1.29, 1.82) is 0 Å². The monoisotopic (exact) mass is 283 g/mol. The van der Waals surface area contributed by atoms with Gasteiger partial charge in [0.2, 0.25) is 24.1 Å². The number of hydrogen-bond acceptors (Lipinski definition) is 4. The molecule has 0 atom stereocenters. The summed E-state index contributed by atoms with van der Waals surface area (Å²) in [7, 11) is 0. The van der Waals surface area contributed by atoms with Gasteiger partial charge in [-0.25, -0.2) is 0 Å². The summed E-state index contributed by atoms with van der Waals surface area (Å²) in [6.07, 6.45) is 4.81. The number of carbonyl (C=O) groups excluding carboxylic acids is 4. The van der Waals surface area contributed by atoms with Gasteiger partial charge in [0.05, 0.1) is 0 Å². The van der Waals surface area contributed by atoms with Gasteiger partial charge in [-0.3, -0.25) is 24.1 Å². The van der Waals surface area contributed by atoms with Crippen molar-refractivity contribution < 1.29 is 19.2 Å². The molecule has 1 aliphatic heterocycles. The third-order valence-corrected chi connectivity index (χ3v) is 3.11. The van der Waals surface area contributed by atoms with Crippen molar-refractivity contribution in [1.82, 2.24) is 15.5 Å². The van der Waals surface area contributed by atoms with E-state index in [1.54, 1.807) is 0 Å². The van der Waals surface area contributed by atoms with Gasteiger partial charge in [-0.05, 0) is 12.8 Å². The van der Waals surface area contributed by atoms with Crippen molar-refractivity contribution in [3.8, 4) is 0 Å². The number of hydrogen-bond donors (Lipinski definition) is 2. The van der Waals surface area contributed by atoms with Crippen molar-refractivity contribution in [3.05, 3.63) is 0 Å². The Balaban J connectivity index is 2.01. The molecule has 0 aromatic heterocycles. The summed E-state index contributed by atoms with van der Waals surface area (Å²) in [4.78, 5) is 45.2. The van der Waals surface area contributed by atoms with E-state index >= 15 is 0 Å². The summed E-state index contributed by atoms with van der Waals surface area (Å²) in [5.74, 6) is -0.836. The molecule has 1 saturated heterocycles. The van der Waals surface area contributed by atoms with Crippen LogP contribution in [0.2, 0.25) is 0 Å². The number of unbranched alkanes of at least 4 members (excludes halogenated alkanes) is 3. The fourth-order valence-corrected chi connectivity index (χ4v) is 1.99. The van der Waals surface area contributed by atoms with Crippen LogP contribution in [0.5, 0.6) is 0 Å². The van der Waals surface area contributed by atoms with Crippen LogP contribution in [0.15, 0.2) is 0 Å². The molecule has 1 fully saturated rings. The topological polar surface area (TPSA) is 95.6 Å². The van der Waals surface area contributed by atoms with Crippen molar-refractivity contribution in [2.75, 3.05) is 19.6 Å². The van der Waals surface area contributed by atoms with E-state index in [1.807, 2.05) is 0 Å². The van der Waals surface area contributed by atoms with E-state index < -0.39 is 0 Å². The Morgan fingerprint density at radius 3 is 2.25 bits per heavy atom.